The number of aromatic carboxylic acids is 2. The van der Waals surface area contributed by atoms with Crippen LogP contribution < -0.4 is 0 Å². The summed E-state index contributed by atoms with van der Waals surface area (Å²) >= 11 is 0. The number of carbonyl (C=O) groups is 4. The predicted octanol–water partition coefficient (Wildman–Crippen LogP) is 1.53. The second-order valence-corrected chi connectivity index (χ2v) is 5.98. The summed E-state index contributed by atoms with van der Waals surface area (Å²) < 4.78 is 10.4. The van der Waals surface area contributed by atoms with Gasteiger partial charge in [0, 0.05) is 11.1 Å². The fourth-order valence-corrected chi connectivity index (χ4v) is 2.96. The van der Waals surface area contributed by atoms with E-state index in [2.05, 4.69) is 0 Å². The van der Waals surface area contributed by atoms with Gasteiger partial charge in [-0.2, -0.15) is 0 Å². The van der Waals surface area contributed by atoms with Crippen molar-refractivity contribution in [3.8, 4) is 0 Å². The zero-order chi connectivity index (χ0) is 22.3. The van der Waals surface area contributed by atoms with E-state index in [4.69, 9.17) is 14.6 Å². The van der Waals surface area contributed by atoms with Crippen LogP contribution in [0.15, 0.2) is 48.5 Å². The van der Waals surface area contributed by atoms with Crippen molar-refractivity contribution in [2.24, 2.45) is 0 Å². The summed E-state index contributed by atoms with van der Waals surface area (Å²) in [5, 5.41) is 37.9. The molecular formula is C20H18O10. The molecule has 0 unspecified atom stereocenters. The van der Waals surface area contributed by atoms with Crippen LogP contribution in [0.3, 0.4) is 0 Å². The maximum atomic E-state index is 12.5. The van der Waals surface area contributed by atoms with Crippen molar-refractivity contribution in [3.05, 3.63) is 70.8 Å². The molecule has 0 saturated heterocycles. The topological polar surface area (TPSA) is 168 Å². The van der Waals surface area contributed by atoms with Crippen LogP contribution in [-0.2, 0) is 24.7 Å². The van der Waals surface area contributed by atoms with E-state index in [1.54, 1.807) is 0 Å². The van der Waals surface area contributed by atoms with Crippen LogP contribution in [0.4, 0.5) is 0 Å². The summed E-state index contributed by atoms with van der Waals surface area (Å²) in [5.74, 6) is -5.76. The Balaban J connectivity index is 2.68. The number of carboxylic acids is 4. The van der Waals surface area contributed by atoms with Crippen molar-refractivity contribution < 1.29 is 49.1 Å². The quantitative estimate of drug-likeness (QED) is 0.393. The van der Waals surface area contributed by atoms with Crippen molar-refractivity contribution in [3.63, 3.8) is 0 Å². The molecule has 0 atom stereocenters. The van der Waals surface area contributed by atoms with Gasteiger partial charge >= 0.3 is 23.9 Å². The molecule has 0 aliphatic carbocycles. The fourth-order valence-electron chi connectivity index (χ4n) is 2.96. The number of rotatable bonds is 11. The van der Waals surface area contributed by atoms with Gasteiger partial charge in [-0.25, -0.2) is 19.2 Å². The largest absolute Gasteiger partial charge is 0.480 e. The van der Waals surface area contributed by atoms with Crippen molar-refractivity contribution in [1.29, 1.82) is 0 Å². The molecule has 0 aliphatic heterocycles. The van der Waals surface area contributed by atoms with Crippen molar-refractivity contribution in [2.75, 3.05) is 19.8 Å². The summed E-state index contributed by atoms with van der Waals surface area (Å²) in [6, 6.07) is 10.3. The number of hydrogen-bond acceptors (Lipinski definition) is 6. The van der Waals surface area contributed by atoms with E-state index in [9.17, 15) is 34.5 Å². The predicted molar refractivity (Wildman–Crippen MR) is 99.6 cm³/mol. The number of ether oxygens (including phenoxy) is 2. The molecule has 2 aromatic carbocycles. The summed E-state index contributed by atoms with van der Waals surface area (Å²) in [5.41, 5.74) is -3.89. The zero-order valence-corrected chi connectivity index (χ0v) is 15.5. The molecule has 0 radical (unpaired) electrons. The van der Waals surface area contributed by atoms with E-state index in [1.807, 2.05) is 0 Å². The average Bonchev–Trinajstić information content (AvgIpc) is 2.70. The van der Waals surface area contributed by atoms with Gasteiger partial charge in [0.25, 0.3) is 0 Å². The van der Waals surface area contributed by atoms with Crippen LogP contribution in [0.2, 0.25) is 0 Å². The Morgan fingerprint density at radius 3 is 1.60 bits per heavy atom. The van der Waals surface area contributed by atoms with Gasteiger partial charge in [-0.05, 0) is 12.1 Å². The Bertz CT molecular complexity index is 908. The van der Waals surface area contributed by atoms with E-state index in [0.717, 1.165) is 0 Å². The highest BCUT2D eigenvalue weighted by atomic mass is 16.6. The summed E-state index contributed by atoms with van der Waals surface area (Å²) in [7, 11) is 0. The van der Waals surface area contributed by atoms with Gasteiger partial charge in [-0.1, -0.05) is 36.4 Å². The number of carboxylic acid groups (broad SMARTS) is 4. The lowest BCUT2D eigenvalue weighted by atomic mass is 9.81. The van der Waals surface area contributed by atoms with Crippen LogP contribution in [0.5, 0.6) is 0 Å². The zero-order valence-electron chi connectivity index (χ0n) is 15.5. The third kappa shape index (κ3) is 4.62. The first-order valence-electron chi connectivity index (χ1n) is 8.54. The highest BCUT2D eigenvalue weighted by Gasteiger charge is 2.48. The lowest BCUT2D eigenvalue weighted by Crippen LogP contribution is -2.43. The molecule has 0 spiro atoms. The van der Waals surface area contributed by atoms with Crippen molar-refractivity contribution in [1.82, 2.24) is 0 Å². The maximum absolute atomic E-state index is 12.5. The Morgan fingerprint density at radius 1 is 0.733 bits per heavy atom. The Labute approximate surface area is 169 Å². The van der Waals surface area contributed by atoms with Crippen LogP contribution in [0.25, 0.3) is 0 Å². The molecule has 2 aromatic rings. The Kier molecular flexibility index (Phi) is 7.23. The summed E-state index contributed by atoms with van der Waals surface area (Å²) in [6.45, 7) is -1.44. The minimum absolute atomic E-state index is 0.295. The van der Waals surface area contributed by atoms with Crippen molar-refractivity contribution >= 4 is 23.9 Å². The summed E-state index contributed by atoms with van der Waals surface area (Å²) in [6.07, 6.45) is 0. The summed E-state index contributed by atoms with van der Waals surface area (Å²) in [4.78, 5) is 46.5. The standard InChI is InChI=1S/C20H18O10/c21-16(22)11-29-9-10-30-20(19(27)28,14-7-3-1-5-12(14)17(23)24)15-8-4-2-6-13(15)18(25)26/h1-8H,9-11H2,(H,21,22)(H,23,24)(H,25,26)(H,27,28). The third-order valence-electron chi connectivity index (χ3n) is 4.15. The molecule has 30 heavy (non-hydrogen) atoms. The first kappa shape index (κ1) is 22.5. The molecule has 10 heteroatoms. The number of benzene rings is 2. The minimum Gasteiger partial charge on any atom is -0.480 e. The van der Waals surface area contributed by atoms with Gasteiger partial charge in [-0.3, -0.25) is 0 Å². The highest BCUT2D eigenvalue weighted by molar-refractivity contribution is 5.98. The monoisotopic (exact) mass is 418 g/mol. The van der Waals surface area contributed by atoms with E-state index in [1.165, 1.54) is 48.5 Å². The second-order valence-electron chi connectivity index (χ2n) is 5.98. The normalized spacial score (nSPS) is 11.1. The van der Waals surface area contributed by atoms with Gasteiger partial charge in [0.1, 0.15) is 6.61 Å². The van der Waals surface area contributed by atoms with Gasteiger partial charge in [-0.15, -0.1) is 0 Å². The van der Waals surface area contributed by atoms with Gasteiger partial charge in [0.05, 0.1) is 24.3 Å². The van der Waals surface area contributed by atoms with E-state index < -0.39 is 53.8 Å². The van der Waals surface area contributed by atoms with Gasteiger partial charge < -0.3 is 29.9 Å². The molecule has 0 heterocycles. The smallest absolute Gasteiger partial charge is 0.345 e. The van der Waals surface area contributed by atoms with Crippen LogP contribution in [0.1, 0.15) is 31.8 Å². The molecule has 0 fully saturated rings. The third-order valence-corrected chi connectivity index (χ3v) is 4.15. The average molecular weight is 418 g/mol. The van der Waals surface area contributed by atoms with Crippen molar-refractivity contribution in [2.45, 2.75) is 5.60 Å². The number of aliphatic carboxylic acids is 2. The van der Waals surface area contributed by atoms with E-state index in [-0.39, 0.29) is 17.7 Å². The van der Waals surface area contributed by atoms with Gasteiger partial charge in [0.2, 0.25) is 5.60 Å². The Hall–Kier alpha value is -3.76. The molecule has 4 N–H and O–H groups in total. The van der Waals surface area contributed by atoms with Crippen LogP contribution in [-0.4, -0.2) is 64.1 Å². The lowest BCUT2D eigenvalue weighted by Gasteiger charge is -2.32. The molecule has 10 nitrogen and oxygen atoms in total. The Morgan fingerprint density at radius 2 is 1.20 bits per heavy atom. The van der Waals surface area contributed by atoms with Crippen LogP contribution >= 0.6 is 0 Å². The molecule has 0 bridgehead atoms. The molecule has 0 aromatic heterocycles. The number of hydrogen-bond donors (Lipinski definition) is 4. The highest BCUT2D eigenvalue weighted by Crippen LogP contribution is 2.38. The maximum Gasteiger partial charge on any atom is 0.345 e. The second kappa shape index (κ2) is 9.63. The molecule has 0 amide bonds. The van der Waals surface area contributed by atoms with Gasteiger partial charge in [0.15, 0.2) is 0 Å². The first-order valence-corrected chi connectivity index (χ1v) is 8.54. The molecule has 2 rings (SSSR count). The molecule has 158 valence electrons. The minimum atomic E-state index is -2.50. The first-order chi connectivity index (χ1) is 14.2. The van der Waals surface area contributed by atoms with Crippen LogP contribution in [0, 0.1) is 0 Å². The van der Waals surface area contributed by atoms with E-state index in [0.29, 0.717) is 0 Å². The van der Waals surface area contributed by atoms with E-state index >= 15 is 0 Å². The lowest BCUT2D eigenvalue weighted by molar-refractivity contribution is -0.164. The molecule has 0 saturated carbocycles. The fraction of sp³-hybridized carbons (Fsp3) is 0.200. The SMILES string of the molecule is O=C(O)COCCOC(C(=O)O)(c1ccccc1C(=O)O)c1ccccc1C(=O)O. The molecular weight excluding hydrogens is 400 g/mol. The molecule has 0 aliphatic rings.